The smallest absolute Gasteiger partial charge is 0.264 e. The van der Waals surface area contributed by atoms with Crippen molar-refractivity contribution in [1.82, 2.24) is 10.2 Å². The van der Waals surface area contributed by atoms with E-state index in [1.807, 2.05) is 30.3 Å². The van der Waals surface area contributed by atoms with Gasteiger partial charge in [-0.25, -0.2) is 8.42 Å². The standard InChI is InChI=1S/C34H33Cl2N3O6S/c1-2-37-34(41)30(20-24-9-5-3-6-10-24)38(22-25-13-15-28(35)29(36)19-25)33(40)23-39(46(42,43)27-11-7-4-8-12-27)26-14-16-31-32(21-26)45-18-17-44-31/h3-16,19,21,30H,2,17-18,20,22-23H2,1H3,(H,37,41)/t30-/m0/s1. The van der Waals surface area contributed by atoms with Crippen molar-refractivity contribution in [3.8, 4) is 11.5 Å². The first-order chi connectivity index (χ1) is 22.2. The van der Waals surface area contributed by atoms with Gasteiger partial charge in [-0.3, -0.25) is 13.9 Å². The zero-order valence-corrected chi connectivity index (χ0v) is 27.4. The van der Waals surface area contributed by atoms with Crippen LogP contribution in [0.2, 0.25) is 10.0 Å². The van der Waals surface area contributed by atoms with E-state index in [9.17, 15) is 18.0 Å². The molecule has 0 saturated carbocycles. The Balaban J connectivity index is 1.59. The van der Waals surface area contributed by atoms with Crippen LogP contribution in [-0.4, -0.2) is 57.5 Å². The van der Waals surface area contributed by atoms with Crippen molar-refractivity contribution in [2.45, 2.75) is 30.8 Å². The third-order valence-electron chi connectivity index (χ3n) is 7.38. The van der Waals surface area contributed by atoms with Gasteiger partial charge in [0.05, 0.1) is 20.6 Å². The number of carbonyl (C=O) groups excluding carboxylic acids is 2. The number of rotatable bonds is 12. The summed E-state index contributed by atoms with van der Waals surface area (Å²) in [6.07, 6.45) is 0.190. The fraction of sp³-hybridized carbons (Fsp3) is 0.235. The fourth-order valence-electron chi connectivity index (χ4n) is 5.12. The van der Waals surface area contributed by atoms with Crippen molar-refractivity contribution >= 4 is 50.7 Å². The van der Waals surface area contributed by atoms with Crippen molar-refractivity contribution in [2.24, 2.45) is 0 Å². The molecule has 1 atom stereocenters. The molecule has 0 aromatic heterocycles. The van der Waals surface area contributed by atoms with Crippen molar-refractivity contribution in [3.05, 3.63) is 118 Å². The van der Waals surface area contributed by atoms with Crippen LogP contribution in [-0.2, 0) is 32.6 Å². The zero-order valence-electron chi connectivity index (χ0n) is 25.1. The lowest BCUT2D eigenvalue weighted by molar-refractivity contribution is -0.140. The van der Waals surface area contributed by atoms with Gasteiger partial charge in [0, 0.05) is 25.6 Å². The van der Waals surface area contributed by atoms with Crippen LogP contribution in [0.5, 0.6) is 11.5 Å². The van der Waals surface area contributed by atoms with E-state index in [2.05, 4.69) is 5.32 Å². The summed E-state index contributed by atoms with van der Waals surface area (Å²) in [6, 6.07) is 25.9. The summed E-state index contributed by atoms with van der Waals surface area (Å²) in [7, 11) is -4.26. The van der Waals surface area contributed by atoms with Gasteiger partial charge in [-0.15, -0.1) is 0 Å². The Hall–Kier alpha value is -4.25. The maximum Gasteiger partial charge on any atom is 0.264 e. The van der Waals surface area contributed by atoms with Crippen molar-refractivity contribution in [1.29, 1.82) is 0 Å². The molecule has 1 aliphatic rings. The first-order valence-corrected chi connectivity index (χ1v) is 16.9. The van der Waals surface area contributed by atoms with Gasteiger partial charge in [0.2, 0.25) is 11.8 Å². The Morgan fingerprint density at radius 3 is 2.17 bits per heavy atom. The molecule has 4 aromatic rings. The minimum Gasteiger partial charge on any atom is -0.486 e. The van der Waals surface area contributed by atoms with Crippen LogP contribution in [0, 0.1) is 0 Å². The molecule has 12 heteroatoms. The second kappa shape index (κ2) is 14.9. The van der Waals surface area contributed by atoms with Crippen molar-refractivity contribution < 1.29 is 27.5 Å². The average molecular weight is 683 g/mol. The zero-order chi connectivity index (χ0) is 32.7. The second-order valence-electron chi connectivity index (χ2n) is 10.5. The predicted molar refractivity (Wildman–Crippen MR) is 178 cm³/mol. The fourth-order valence-corrected chi connectivity index (χ4v) is 6.86. The SMILES string of the molecule is CCNC(=O)[C@H](Cc1ccccc1)N(Cc1ccc(Cl)c(Cl)c1)C(=O)CN(c1ccc2c(c1)OCCO2)S(=O)(=O)c1ccccc1. The lowest BCUT2D eigenvalue weighted by Crippen LogP contribution is -2.53. The average Bonchev–Trinajstić information content (AvgIpc) is 3.07. The minimum atomic E-state index is -4.26. The maximum absolute atomic E-state index is 14.5. The van der Waals surface area contributed by atoms with Crippen LogP contribution in [0.25, 0.3) is 0 Å². The molecule has 1 N–H and O–H groups in total. The van der Waals surface area contributed by atoms with Crippen LogP contribution < -0.4 is 19.1 Å². The lowest BCUT2D eigenvalue weighted by Gasteiger charge is -2.34. The first-order valence-electron chi connectivity index (χ1n) is 14.7. The van der Waals surface area contributed by atoms with Gasteiger partial charge in [-0.2, -0.15) is 0 Å². The third kappa shape index (κ3) is 7.75. The van der Waals surface area contributed by atoms with Crippen molar-refractivity contribution in [3.63, 3.8) is 0 Å². The molecule has 5 rings (SSSR count). The summed E-state index contributed by atoms with van der Waals surface area (Å²) in [5, 5.41) is 3.47. The Kier molecular flexibility index (Phi) is 10.7. The predicted octanol–water partition coefficient (Wildman–Crippen LogP) is 5.74. The van der Waals surface area contributed by atoms with E-state index in [1.54, 1.807) is 55.5 Å². The molecule has 0 radical (unpaired) electrons. The summed E-state index contributed by atoms with van der Waals surface area (Å²) in [5.74, 6) is -0.149. The largest absolute Gasteiger partial charge is 0.486 e. The summed E-state index contributed by atoms with van der Waals surface area (Å²) < 4.78 is 40.7. The van der Waals surface area contributed by atoms with Gasteiger partial charge < -0.3 is 19.7 Å². The van der Waals surface area contributed by atoms with E-state index in [4.69, 9.17) is 32.7 Å². The molecule has 4 aromatic carbocycles. The summed E-state index contributed by atoms with van der Waals surface area (Å²) >= 11 is 12.5. The number of hydrogen-bond acceptors (Lipinski definition) is 6. The lowest BCUT2D eigenvalue weighted by atomic mass is 10.0. The van der Waals surface area contributed by atoms with E-state index in [0.717, 1.165) is 9.87 Å². The van der Waals surface area contributed by atoms with Crippen LogP contribution >= 0.6 is 23.2 Å². The molecule has 240 valence electrons. The molecule has 2 amide bonds. The Bertz CT molecular complexity index is 1790. The van der Waals surface area contributed by atoms with E-state index < -0.39 is 28.5 Å². The highest BCUT2D eigenvalue weighted by molar-refractivity contribution is 7.92. The Morgan fingerprint density at radius 1 is 0.826 bits per heavy atom. The number of amides is 2. The molecule has 0 aliphatic carbocycles. The molecule has 0 spiro atoms. The van der Waals surface area contributed by atoms with E-state index in [1.165, 1.54) is 23.1 Å². The van der Waals surface area contributed by atoms with Gasteiger partial charge in [0.1, 0.15) is 25.8 Å². The number of anilines is 1. The number of nitrogens with zero attached hydrogens (tertiary/aromatic N) is 2. The third-order valence-corrected chi connectivity index (χ3v) is 9.91. The highest BCUT2D eigenvalue weighted by atomic mass is 35.5. The highest BCUT2D eigenvalue weighted by Gasteiger charge is 2.35. The molecule has 9 nitrogen and oxygen atoms in total. The molecule has 1 aliphatic heterocycles. The van der Waals surface area contributed by atoms with Crippen LogP contribution in [0.15, 0.2) is 102 Å². The second-order valence-corrected chi connectivity index (χ2v) is 13.2. The van der Waals surface area contributed by atoms with E-state index >= 15 is 0 Å². The highest BCUT2D eigenvalue weighted by Crippen LogP contribution is 2.36. The molecule has 0 saturated heterocycles. The van der Waals surface area contributed by atoms with Crippen LogP contribution in [0.3, 0.4) is 0 Å². The maximum atomic E-state index is 14.5. The molecule has 0 bridgehead atoms. The number of nitrogens with one attached hydrogen (secondary N) is 1. The molecule has 0 fully saturated rings. The first kappa shape index (κ1) is 33.1. The van der Waals surface area contributed by atoms with Crippen LogP contribution in [0.4, 0.5) is 5.69 Å². The molecular formula is C34H33Cl2N3O6S. The Morgan fingerprint density at radius 2 is 1.50 bits per heavy atom. The van der Waals surface area contributed by atoms with Gasteiger partial charge >= 0.3 is 0 Å². The summed E-state index contributed by atoms with van der Waals surface area (Å²) in [5.41, 5.74) is 1.64. The quantitative estimate of drug-likeness (QED) is 0.205. The summed E-state index contributed by atoms with van der Waals surface area (Å²) in [6.45, 7) is 2.14. The number of sulfonamides is 1. The summed E-state index contributed by atoms with van der Waals surface area (Å²) in [4.78, 5) is 29.5. The van der Waals surface area contributed by atoms with Gasteiger partial charge in [-0.05, 0) is 54.4 Å². The molecule has 0 unspecified atom stereocenters. The normalized spacial score (nSPS) is 13.0. The van der Waals surface area contributed by atoms with Crippen molar-refractivity contribution in [2.75, 3.05) is 30.6 Å². The molecule has 46 heavy (non-hydrogen) atoms. The number of likely N-dealkylation sites (N-methyl/N-ethyl adjacent to an activating group) is 1. The number of halogens is 2. The van der Waals surface area contributed by atoms with E-state index in [0.29, 0.717) is 41.8 Å². The monoisotopic (exact) mass is 681 g/mol. The van der Waals surface area contributed by atoms with Gasteiger partial charge in [0.25, 0.3) is 10.0 Å². The topological polar surface area (TPSA) is 105 Å². The number of hydrogen-bond donors (Lipinski definition) is 1. The number of benzene rings is 4. The Labute approximate surface area is 278 Å². The molecular weight excluding hydrogens is 649 g/mol. The van der Waals surface area contributed by atoms with Gasteiger partial charge in [-0.1, -0.05) is 77.8 Å². The van der Waals surface area contributed by atoms with Crippen LogP contribution in [0.1, 0.15) is 18.1 Å². The molecule has 1 heterocycles. The van der Waals surface area contributed by atoms with E-state index in [-0.39, 0.29) is 34.5 Å². The van der Waals surface area contributed by atoms with Gasteiger partial charge in [0.15, 0.2) is 11.5 Å². The number of carbonyl (C=O) groups is 2. The number of fused-ring (bicyclic) bond motifs is 1. The minimum absolute atomic E-state index is 0.00159. The number of ether oxygens (including phenoxy) is 2.